The van der Waals surface area contributed by atoms with Gasteiger partial charge in [-0.15, -0.1) is 0 Å². The maximum Gasteiger partial charge on any atom is 0.223 e. The van der Waals surface area contributed by atoms with Crippen LogP contribution in [0.25, 0.3) is 0 Å². The van der Waals surface area contributed by atoms with Crippen LogP contribution in [0, 0.1) is 5.92 Å². The highest BCUT2D eigenvalue weighted by atomic mass is 35.5. The Hall–Kier alpha value is -1.01. The lowest BCUT2D eigenvalue weighted by atomic mass is 9.97. The molecule has 1 aromatic rings. The third-order valence-electron chi connectivity index (χ3n) is 3.73. The summed E-state index contributed by atoms with van der Waals surface area (Å²) in [6.45, 7) is 0.284. The van der Waals surface area contributed by atoms with Crippen LogP contribution < -0.4 is 0 Å². The smallest absolute Gasteiger partial charge is 0.223 e. The highest BCUT2D eigenvalue weighted by Crippen LogP contribution is 2.41. The van der Waals surface area contributed by atoms with Crippen molar-refractivity contribution in [3.8, 4) is 5.75 Å². The Morgan fingerprint density at radius 3 is 2.57 bits per heavy atom. The Morgan fingerprint density at radius 2 is 1.95 bits per heavy atom. The molecule has 0 aliphatic carbocycles. The minimum absolute atomic E-state index is 0.0184. The van der Waals surface area contributed by atoms with Crippen molar-refractivity contribution in [1.29, 1.82) is 0 Å². The summed E-state index contributed by atoms with van der Waals surface area (Å²) in [5.41, 5.74) is 0.476. The van der Waals surface area contributed by atoms with E-state index in [1.807, 2.05) is 0 Å². The summed E-state index contributed by atoms with van der Waals surface area (Å²) in [6.07, 6.45) is 0.219. The summed E-state index contributed by atoms with van der Waals surface area (Å²) < 4.78 is 0. The topological polar surface area (TPSA) is 81.0 Å². The van der Waals surface area contributed by atoms with Crippen LogP contribution >= 0.6 is 23.2 Å². The molecule has 1 saturated heterocycles. The second-order valence-corrected chi connectivity index (χ2v) is 6.01. The summed E-state index contributed by atoms with van der Waals surface area (Å²) in [4.78, 5) is 13.6. The number of amides is 1. The molecule has 1 fully saturated rings. The summed E-state index contributed by atoms with van der Waals surface area (Å²) in [5.74, 6) is -0.690. The first-order valence-electron chi connectivity index (χ1n) is 6.64. The largest absolute Gasteiger partial charge is 0.508 e. The molecule has 7 heteroatoms. The number of carbonyl (C=O) groups is 1. The number of halogens is 2. The van der Waals surface area contributed by atoms with Crippen LogP contribution in [-0.4, -0.2) is 52.4 Å². The fourth-order valence-corrected chi connectivity index (χ4v) is 3.05. The predicted molar refractivity (Wildman–Crippen MR) is 79.7 cm³/mol. The van der Waals surface area contributed by atoms with E-state index in [2.05, 4.69) is 0 Å². The second-order valence-electron chi connectivity index (χ2n) is 5.23. The van der Waals surface area contributed by atoms with Crippen LogP contribution in [0.5, 0.6) is 5.75 Å². The SMILES string of the molecule is O=C1CC(c2c(O)ccc(Cl)c2Cl)CN1CC(CO)CO. The fourth-order valence-electron chi connectivity index (χ4n) is 2.57. The van der Waals surface area contributed by atoms with Gasteiger partial charge in [0.15, 0.2) is 0 Å². The maximum absolute atomic E-state index is 12.0. The third-order valence-corrected chi connectivity index (χ3v) is 4.55. The molecule has 5 nitrogen and oxygen atoms in total. The number of carbonyl (C=O) groups excluding carboxylic acids is 1. The van der Waals surface area contributed by atoms with Crippen molar-refractivity contribution in [2.24, 2.45) is 5.92 Å². The zero-order valence-electron chi connectivity index (χ0n) is 11.3. The molecule has 1 unspecified atom stereocenters. The van der Waals surface area contributed by atoms with Crippen molar-refractivity contribution in [3.05, 3.63) is 27.7 Å². The monoisotopic (exact) mass is 333 g/mol. The van der Waals surface area contributed by atoms with E-state index in [1.165, 1.54) is 12.1 Å². The number of rotatable bonds is 5. The van der Waals surface area contributed by atoms with E-state index in [0.717, 1.165) is 0 Å². The summed E-state index contributed by atoms with van der Waals surface area (Å²) >= 11 is 12.1. The molecule has 2 rings (SSSR count). The molecule has 0 bridgehead atoms. The minimum Gasteiger partial charge on any atom is -0.508 e. The molecule has 0 aromatic heterocycles. The first kappa shape index (κ1) is 16.4. The average Bonchev–Trinajstić information content (AvgIpc) is 2.81. The summed E-state index contributed by atoms with van der Waals surface area (Å²) in [5, 5.41) is 28.8. The van der Waals surface area contributed by atoms with Crippen molar-refractivity contribution >= 4 is 29.1 Å². The number of phenols is 1. The molecular formula is C14H17Cl2NO4. The van der Waals surface area contributed by atoms with Gasteiger partial charge < -0.3 is 20.2 Å². The van der Waals surface area contributed by atoms with Crippen LogP contribution in [0.4, 0.5) is 0 Å². The number of benzene rings is 1. The van der Waals surface area contributed by atoms with E-state index < -0.39 is 0 Å². The molecule has 1 aliphatic heterocycles. The number of likely N-dealkylation sites (tertiary alicyclic amines) is 1. The van der Waals surface area contributed by atoms with Gasteiger partial charge in [-0.1, -0.05) is 23.2 Å². The van der Waals surface area contributed by atoms with E-state index in [-0.39, 0.29) is 54.7 Å². The molecule has 116 valence electrons. The van der Waals surface area contributed by atoms with Crippen LogP contribution in [0.3, 0.4) is 0 Å². The molecule has 1 amide bonds. The zero-order valence-corrected chi connectivity index (χ0v) is 12.8. The number of hydrogen-bond acceptors (Lipinski definition) is 4. The number of aromatic hydroxyl groups is 1. The normalized spacial score (nSPS) is 18.8. The minimum atomic E-state index is -0.365. The number of phenolic OH excluding ortho intramolecular Hbond substituents is 1. The Balaban J connectivity index is 2.18. The van der Waals surface area contributed by atoms with Crippen LogP contribution in [0.2, 0.25) is 10.0 Å². The molecule has 1 atom stereocenters. The number of aliphatic hydroxyl groups excluding tert-OH is 2. The van der Waals surface area contributed by atoms with Gasteiger partial charge in [0.1, 0.15) is 5.75 Å². The number of aliphatic hydroxyl groups is 2. The molecule has 1 heterocycles. The number of nitrogens with zero attached hydrogens (tertiary/aromatic N) is 1. The Bertz CT molecular complexity index is 534. The van der Waals surface area contributed by atoms with E-state index in [9.17, 15) is 9.90 Å². The van der Waals surface area contributed by atoms with Crippen LogP contribution in [-0.2, 0) is 4.79 Å². The molecule has 21 heavy (non-hydrogen) atoms. The van der Waals surface area contributed by atoms with Gasteiger partial charge in [-0.3, -0.25) is 4.79 Å². The van der Waals surface area contributed by atoms with Crippen molar-refractivity contribution in [2.75, 3.05) is 26.3 Å². The van der Waals surface area contributed by atoms with Crippen molar-refractivity contribution < 1.29 is 20.1 Å². The Labute approximate surface area is 132 Å². The van der Waals surface area contributed by atoms with Crippen LogP contribution in [0.15, 0.2) is 12.1 Å². The molecule has 1 aliphatic rings. The molecule has 0 saturated carbocycles. The van der Waals surface area contributed by atoms with Crippen molar-refractivity contribution in [3.63, 3.8) is 0 Å². The fraction of sp³-hybridized carbons (Fsp3) is 0.500. The van der Waals surface area contributed by atoms with Gasteiger partial charge >= 0.3 is 0 Å². The second kappa shape index (κ2) is 6.83. The van der Waals surface area contributed by atoms with E-state index in [4.69, 9.17) is 33.4 Å². The summed E-state index contributed by atoms with van der Waals surface area (Å²) in [6, 6.07) is 2.96. The highest BCUT2D eigenvalue weighted by molar-refractivity contribution is 6.42. The quantitative estimate of drug-likeness (QED) is 0.764. The summed E-state index contributed by atoms with van der Waals surface area (Å²) in [7, 11) is 0. The van der Waals surface area contributed by atoms with Gasteiger partial charge in [-0.05, 0) is 12.1 Å². The lowest BCUT2D eigenvalue weighted by Crippen LogP contribution is -2.33. The van der Waals surface area contributed by atoms with Gasteiger partial charge in [-0.25, -0.2) is 0 Å². The maximum atomic E-state index is 12.0. The molecule has 3 N–H and O–H groups in total. The van der Waals surface area contributed by atoms with Gasteiger partial charge in [0.05, 0.1) is 10.0 Å². The van der Waals surface area contributed by atoms with E-state index in [0.29, 0.717) is 17.1 Å². The standard InChI is InChI=1S/C14H17Cl2NO4/c15-10-1-2-11(20)13(14(10)16)9-3-12(21)17(5-9)4-8(6-18)7-19/h1-2,8-9,18-20H,3-7H2. The third kappa shape index (κ3) is 3.43. The lowest BCUT2D eigenvalue weighted by Gasteiger charge is -2.21. The van der Waals surface area contributed by atoms with Crippen LogP contribution in [0.1, 0.15) is 17.9 Å². The van der Waals surface area contributed by atoms with Gasteiger partial charge in [0.2, 0.25) is 5.91 Å². The Kier molecular flexibility index (Phi) is 5.32. The zero-order chi connectivity index (χ0) is 15.6. The molecular weight excluding hydrogens is 317 g/mol. The van der Waals surface area contributed by atoms with Gasteiger partial charge in [0, 0.05) is 50.1 Å². The first-order chi connectivity index (χ1) is 9.97. The van der Waals surface area contributed by atoms with Gasteiger partial charge in [0.25, 0.3) is 0 Å². The Morgan fingerprint density at radius 1 is 1.29 bits per heavy atom. The first-order valence-corrected chi connectivity index (χ1v) is 7.39. The lowest BCUT2D eigenvalue weighted by molar-refractivity contribution is -0.128. The molecule has 1 aromatic carbocycles. The van der Waals surface area contributed by atoms with Crippen molar-refractivity contribution in [1.82, 2.24) is 4.90 Å². The predicted octanol–water partition coefficient (Wildman–Crippen LogP) is 1.62. The molecule has 0 spiro atoms. The van der Waals surface area contributed by atoms with E-state index >= 15 is 0 Å². The van der Waals surface area contributed by atoms with Crippen molar-refractivity contribution in [2.45, 2.75) is 12.3 Å². The molecule has 0 radical (unpaired) electrons. The highest BCUT2D eigenvalue weighted by Gasteiger charge is 2.34. The number of hydrogen-bond donors (Lipinski definition) is 3. The van der Waals surface area contributed by atoms with Gasteiger partial charge in [-0.2, -0.15) is 0 Å². The average molecular weight is 334 g/mol. The van der Waals surface area contributed by atoms with E-state index in [1.54, 1.807) is 4.90 Å².